The Bertz CT molecular complexity index is 2270. The Morgan fingerprint density at radius 1 is 0.936 bits per heavy atom. The number of hydrogen-bond donors (Lipinski definition) is 9. The Balaban J connectivity index is 1.22. The van der Waals surface area contributed by atoms with Crippen LogP contribution < -0.4 is 10.9 Å². The molecule has 1 saturated heterocycles. The SMILES string of the molecule is O=c1[nH]c(N[C@H]2c3c(cc4ccc5cccc6ccc3c4c56)[C@H](O)[C@@H](O)[C@H]2O)nc2c1ncn2[C@@H]1O[C@H](COP(=O)(O)O)[C@@H](O)[C@H]1O. The number of aromatic nitrogens is 4. The van der Waals surface area contributed by atoms with Crippen LogP contribution in [0.5, 0.6) is 0 Å². The number of H-pyrrole nitrogens is 1. The second-order valence-corrected chi connectivity index (χ2v) is 13.1. The van der Waals surface area contributed by atoms with Gasteiger partial charge in [-0.05, 0) is 49.5 Å². The van der Waals surface area contributed by atoms with Gasteiger partial charge in [0.05, 0.1) is 19.0 Å². The first-order chi connectivity index (χ1) is 22.4. The van der Waals surface area contributed by atoms with E-state index in [1.54, 1.807) is 6.07 Å². The third-order valence-electron chi connectivity index (χ3n) is 9.11. The lowest BCUT2D eigenvalue weighted by molar-refractivity contribution is -0.0767. The van der Waals surface area contributed by atoms with E-state index in [2.05, 4.69) is 24.8 Å². The van der Waals surface area contributed by atoms with E-state index in [9.17, 15) is 34.9 Å². The second kappa shape index (κ2) is 10.7. The zero-order valence-corrected chi connectivity index (χ0v) is 25.0. The molecule has 6 aromatic rings. The quantitative estimate of drug-likeness (QED) is 0.0876. The van der Waals surface area contributed by atoms with Crippen LogP contribution in [0.4, 0.5) is 5.95 Å². The van der Waals surface area contributed by atoms with Crippen molar-refractivity contribution < 1.29 is 49.1 Å². The molecule has 8 rings (SSSR count). The van der Waals surface area contributed by atoms with E-state index in [1.807, 2.05) is 42.5 Å². The van der Waals surface area contributed by atoms with E-state index >= 15 is 0 Å². The summed E-state index contributed by atoms with van der Waals surface area (Å²) < 4.78 is 22.4. The Hall–Kier alpha value is -4.06. The summed E-state index contributed by atoms with van der Waals surface area (Å²) in [5, 5.41) is 63.0. The minimum Gasteiger partial charge on any atom is -0.388 e. The molecule has 17 heteroatoms. The van der Waals surface area contributed by atoms with Crippen LogP contribution in [-0.2, 0) is 13.8 Å². The first-order valence-corrected chi connectivity index (χ1v) is 16.1. The number of aliphatic hydroxyl groups is 5. The lowest BCUT2D eigenvalue weighted by atomic mass is 9.77. The zero-order chi connectivity index (χ0) is 32.9. The highest BCUT2D eigenvalue weighted by Gasteiger charge is 2.46. The van der Waals surface area contributed by atoms with Crippen LogP contribution >= 0.6 is 7.82 Å². The molecule has 1 fully saturated rings. The summed E-state index contributed by atoms with van der Waals surface area (Å²) in [4.78, 5) is 42.3. The topological polar surface area (TPSA) is 253 Å². The lowest BCUT2D eigenvalue weighted by Gasteiger charge is -2.38. The Kier molecular flexibility index (Phi) is 6.91. The largest absolute Gasteiger partial charge is 0.469 e. The van der Waals surface area contributed by atoms with Crippen molar-refractivity contribution in [1.29, 1.82) is 0 Å². The molecular weight excluding hydrogens is 637 g/mol. The van der Waals surface area contributed by atoms with Gasteiger partial charge in [-0.3, -0.25) is 18.9 Å². The number of nitrogens with one attached hydrogen (secondary N) is 2. The average Bonchev–Trinajstić information content (AvgIpc) is 3.59. The summed E-state index contributed by atoms with van der Waals surface area (Å²) in [5.41, 5.74) is -0.0564. The van der Waals surface area contributed by atoms with Gasteiger partial charge in [0.25, 0.3) is 5.56 Å². The number of anilines is 1. The fraction of sp³-hybridized carbons (Fsp3) is 0.300. The Morgan fingerprint density at radius 2 is 1.66 bits per heavy atom. The number of hydrogen-bond acceptors (Lipinski definition) is 12. The summed E-state index contributed by atoms with van der Waals surface area (Å²) in [7, 11) is -4.90. The van der Waals surface area contributed by atoms with Crippen LogP contribution in [0.25, 0.3) is 43.5 Å². The minimum absolute atomic E-state index is 0.0921. The van der Waals surface area contributed by atoms with Gasteiger partial charge in [0, 0.05) is 0 Å². The zero-order valence-electron chi connectivity index (χ0n) is 24.1. The molecule has 0 bridgehead atoms. The predicted octanol–water partition coefficient (Wildman–Crippen LogP) is 0.667. The first-order valence-electron chi connectivity index (χ1n) is 14.6. The molecular formula is C30H28N5O11P. The van der Waals surface area contributed by atoms with Crippen molar-refractivity contribution in [2.75, 3.05) is 11.9 Å². The van der Waals surface area contributed by atoms with Gasteiger partial charge < -0.3 is 45.4 Å². The Morgan fingerprint density at radius 3 is 2.40 bits per heavy atom. The third kappa shape index (κ3) is 4.73. The molecule has 47 heavy (non-hydrogen) atoms. The highest BCUT2D eigenvalue weighted by molar-refractivity contribution is 7.46. The monoisotopic (exact) mass is 665 g/mol. The van der Waals surface area contributed by atoms with Crippen LogP contribution in [0.2, 0.25) is 0 Å². The van der Waals surface area contributed by atoms with Crippen molar-refractivity contribution in [3.8, 4) is 0 Å². The van der Waals surface area contributed by atoms with Crippen LogP contribution in [0, 0.1) is 0 Å². The van der Waals surface area contributed by atoms with E-state index in [4.69, 9.17) is 14.5 Å². The standard InChI is InChI=1S/C30H28N5O11P/c36-22-15-8-13-5-4-11-2-1-3-12-6-7-14(18(13)17(11)12)19(15)20(24(38)25(22)39)32-30-33-27-21(28(41)34-30)31-10-35(27)29-26(40)23(37)16(46-29)9-45-47(42,43)44/h1-8,10,16,20,22-26,29,36-40H,9H2,(H2,42,43,44)(H2,32,33,34,41)/t16-,20+,22+,23-,24+,25-,26-,29-/m1/s1. The number of imidazole rings is 1. The summed E-state index contributed by atoms with van der Waals surface area (Å²) in [6, 6.07) is 14.4. The number of aromatic amines is 1. The summed E-state index contributed by atoms with van der Waals surface area (Å²) in [6.45, 7) is -0.734. The molecule has 0 amide bonds. The molecule has 4 aromatic carbocycles. The summed E-state index contributed by atoms with van der Waals surface area (Å²) >= 11 is 0. The summed E-state index contributed by atoms with van der Waals surface area (Å²) in [6.07, 6.45) is -9.34. The smallest absolute Gasteiger partial charge is 0.388 e. The number of rotatable bonds is 6. The molecule has 9 N–H and O–H groups in total. The molecule has 16 nitrogen and oxygen atoms in total. The first kappa shape index (κ1) is 30.3. The van der Waals surface area contributed by atoms with Crippen LogP contribution in [0.15, 0.2) is 59.7 Å². The number of benzene rings is 4. The number of aliphatic hydroxyl groups excluding tert-OH is 5. The molecule has 244 valence electrons. The predicted molar refractivity (Wildman–Crippen MR) is 166 cm³/mol. The molecule has 0 saturated carbocycles. The Labute approximate surface area is 263 Å². The molecule has 2 aliphatic rings. The van der Waals surface area contributed by atoms with Gasteiger partial charge in [-0.15, -0.1) is 0 Å². The van der Waals surface area contributed by atoms with Gasteiger partial charge in [-0.2, -0.15) is 4.98 Å². The fourth-order valence-corrected chi connectivity index (χ4v) is 7.28. The molecule has 3 heterocycles. The number of nitrogens with zero attached hydrogens (tertiary/aromatic N) is 3. The minimum atomic E-state index is -4.90. The lowest BCUT2D eigenvalue weighted by Crippen LogP contribution is -2.44. The molecule has 2 aromatic heterocycles. The van der Waals surface area contributed by atoms with E-state index in [-0.39, 0.29) is 17.1 Å². The van der Waals surface area contributed by atoms with Gasteiger partial charge in [0.2, 0.25) is 5.95 Å². The van der Waals surface area contributed by atoms with Gasteiger partial charge >= 0.3 is 7.82 Å². The van der Waals surface area contributed by atoms with Crippen molar-refractivity contribution >= 4 is 57.3 Å². The van der Waals surface area contributed by atoms with Crippen molar-refractivity contribution in [2.45, 2.75) is 48.9 Å². The summed E-state index contributed by atoms with van der Waals surface area (Å²) in [5.74, 6) is -0.150. The normalized spacial score (nSPS) is 28.1. The highest BCUT2D eigenvalue weighted by Crippen LogP contribution is 2.46. The van der Waals surface area contributed by atoms with Crippen molar-refractivity contribution in [2.24, 2.45) is 0 Å². The van der Waals surface area contributed by atoms with Crippen molar-refractivity contribution in [3.63, 3.8) is 0 Å². The second-order valence-electron chi connectivity index (χ2n) is 11.9. The maximum atomic E-state index is 13.2. The van der Waals surface area contributed by atoms with E-state index in [1.165, 1.54) is 4.57 Å². The molecule has 1 aliphatic heterocycles. The molecule has 0 spiro atoms. The third-order valence-corrected chi connectivity index (χ3v) is 9.59. The molecule has 1 aliphatic carbocycles. The maximum Gasteiger partial charge on any atom is 0.469 e. The molecule has 0 unspecified atom stereocenters. The van der Waals surface area contributed by atoms with Crippen LogP contribution in [0.1, 0.15) is 29.5 Å². The highest BCUT2D eigenvalue weighted by atomic mass is 31.2. The number of ether oxygens (including phenoxy) is 1. The number of phosphoric ester groups is 1. The number of fused-ring (bicyclic) bond motifs is 3. The van der Waals surface area contributed by atoms with Crippen molar-refractivity contribution in [1.82, 2.24) is 19.5 Å². The van der Waals surface area contributed by atoms with Gasteiger partial charge in [-0.25, -0.2) is 9.55 Å². The van der Waals surface area contributed by atoms with Gasteiger partial charge in [0.1, 0.15) is 36.6 Å². The van der Waals surface area contributed by atoms with E-state index in [0.29, 0.717) is 11.1 Å². The van der Waals surface area contributed by atoms with Crippen molar-refractivity contribution in [3.05, 3.63) is 76.3 Å². The maximum absolute atomic E-state index is 13.2. The van der Waals surface area contributed by atoms with Gasteiger partial charge in [0.15, 0.2) is 17.4 Å². The van der Waals surface area contributed by atoms with Crippen LogP contribution in [-0.4, -0.2) is 92.0 Å². The number of phosphoric acid groups is 1. The average molecular weight is 666 g/mol. The molecule has 0 radical (unpaired) electrons. The fourth-order valence-electron chi connectivity index (χ4n) is 6.94. The van der Waals surface area contributed by atoms with Crippen LogP contribution in [0.3, 0.4) is 0 Å². The van der Waals surface area contributed by atoms with Gasteiger partial charge in [-0.1, -0.05) is 42.5 Å². The molecule has 8 atom stereocenters. The van der Waals surface area contributed by atoms with E-state index < -0.39 is 68.9 Å². The van der Waals surface area contributed by atoms with E-state index in [0.717, 1.165) is 38.6 Å².